The third-order valence-electron chi connectivity index (χ3n) is 2.28. The lowest BCUT2D eigenvalue weighted by Gasteiger charge is -2.07. The van der Waals surface area contributed by atoms with Crippen molar-refractivity contribution in [2.75, 3.05) is 17.5 Å². The highest BCUT2D eigenvalue weighted by Crippen LogP contribution is 2.13. The molecule has 0 heterocycles. The SMILES string of the molecule is CCOC(=O)/C(=N\Nc1ccccc1C)C(=O)OCBr. The Morgan fingerprint density at radius 2 is 1.90 bits per heavy atom. The third-order valence-corrected chi connectivity index (χ3v) is 2.51. The molecule has 0 saturated carbocycles. The second-order valence-electron chi connectivity index (χ2n) is 3.65. The van der Waals surface area contributed by atoms with Crippen LogP contribution in [0.1, 0.15) is 12.5 Å². The van der Waals surface area contributed by atoms with Gasteiger partial charge in [0, 0.05) is 0 Å². The normalized spacial score (nSPS) is 10.8. The maximum atomic E-state index is 11.7. The molecule has 0 aliphatic rings. The first-order valence-corrected chi connectivity index (χ1v) is 7.01. The molecule has 6 nitrogen and oxygen atoms in total. The molecule has 0 spiro atoms. The highest BCUT2D eigenvalue weighted by Gasteiger charge is 2.23. The van der Waals surface area contributed by atoms with E-state index in [-0.39, 0.29) is 12.1 Å². The number of ether oxygens (including phenoxy) is 2. The number of benzene rings is 1. The summed E-state index contributed by atoms with van der Waals surface area (Å²) in [6.07, 6.45) is 0. The molecule has 0 aliphatic heterocycles. The minimum atomic E-state index is -0.860. The molecule has 7 heteroatoms. The molecule has 1 rings (SSSR count). The Labute approximate surface area is 125 Å². The van der Waals surface area contributed by atoms with Crippen molar-refractivity contribution >= 4 is 39.3 Å². The van der Waals surface area contributed by atoms with Gasteiger partial charge in [-0.3, -0.25) is 5.43 Å². The van der Waals surface area contributed by atoms with Gasteiger partial charge in [-0.15, -0.1) is 0 Å². The van der Waals surface area contributed by atoms with Gasteiger partial charge < -0.3 is 9.47 Å². The van der Waals surface area contributed by atoms with E-state index in [0.29, 0.717) is 5.69 Å². The van der Waals surface area contributed by atoms with Crippen molar-refractivity contribution in [3.8, 4) is 0 Å². The summed E-state index contributed by atoms with van der Waals surface area (Å²) in [5.74, 6) is -1.69. The lowest BCUT2D eigenvalue weighted by atomic mass is 10.2. The molecule has 1 aromatic carbocycles. The van der Waals surface area contributed by atoms with Crippen LogP contribution in [-0.4, -0.2) is 29.8 Å². The van der Waals surface area contributed by atoms with Gasteiger partial charge in [-0.25, -0.2) is 9.59 Å². The van der Waals surface area contributed by atoms with E-state index in [1.807, 2.05) is 25.1 Å². The number of esters is 2. The van der Waals surface area contributed by atoms with E-state index in [9.17, 15) is 9.59 Å². The zero-order chi connectivity index (χ0) is 15.0. The maximum Gasteiger partial charge on any atom is 0.367 e. The van der Waals surface area contributed by atoms with Gasteiger partial charge in [0.2, 0.25) is 0 Å². The van der Waals surface area contributed by atoms with E-state index in [2.05, 4.69) is 26.5 Å². The standard InChI is InChI=1S/C13H15BrN2O4/c1-3-19-12(17)11(13(18)20-8-14)16-15-10-7-5-4-6-9(10)2/h4-7,15H,3,8H2,1-2H3/b16-11+. The molecule has 108 valence electrons. The number of halogens is 1. The smallest absolute Gasteiger partial charge is 0.367 e. The minimum Gasteiger partial charge on any atom is -0.461 e. The van der Waals surface area contributed by atoms with Crippen molar-refractivity contribution in [3.63, 3.8) is 0 Å². The molecule has 1 N–H and O–H groups in total. The van der Waals surface area contributed by atoms with Crippen molar-refractivity contribution in [2.45, 2.75) is 13.8 Å². The third kappa shape index (κ3) is 4.65. The van der Waals surface area contributed by atoms with Gasteiger partial charge >= 0.3 is 11.9 Å². The number of aryl methyl sites for hydroxylation is 1. The number of carbonyl (C=O) groups excluding carboxylic acids is 2. The number of alkyl halides is 1. The Morgan fingerprint density at radius 3 is 2.50 bits per heavy atom. The molecule has 0 amide bonds. The summed E-state index contributed by atoms with van der Waals surface area (Å²) in [4.78, 5) is 23.3. The van der Waals surface area contributed by atoms with Crippen LogP contribution in [0.3, 0.4) is 0 Å². The van der Waals surface area contributed by atoms with Crippen molar-refractivity contribution < 1.29 is 19.1 Å². The Hall–Kier alpha value is -1.89. The van der Waals surface area contributed by atoms with E-state index in [1.165, 1.54) is 0 Å². The van der Waals surface area contributed by atoms with Gasteiger partial charge in [0.25, 0.3) is 5.71 Å². The van der Waals surface area contributed by atoms with Crippen molar-refractivity contribution in [1.29, 1.82) is 0 Å². The quantitative estimate of drug-likeness (QED) is 0.282. The molecule has 0 aromatic heterocycles. The summed E-state index contributed by atoms with van der Waals surface area (Å²) in [6.45, 7) is 3.66. The summed E-state index contributed by atoms with van der Waals surface area (Å²) < 4.78 is 9.46. The maximum absolute atomic E-state index is 11.7. The molecule has 0 aliphatic carbocycles. The van der Waals surface area contributed by atoms with E-state index < -0.39 is 17.7 Å². The summed E-state index contributed by atoms with van der Waals surface area (Å²) >= 11 is 2.94. The Morgan fingerprint density at radius 1 is 1.25 bits per heavy atom. The second kappa shape index (κ2) is 8.31. The Kier molecular flexibility index (Phi) is 6.72. The van der Waals surface area contributed by atoms with Gasteiger partial charge in [0.15, 0.2) is 0 Å². The van der Waals surface area contributed by atoms with Crippen LogP contribution < -0.4 is 5.43 Å². The van der Waals surface area contributed by atoms with Gasteiger partial charge in [0.1, 0.15) is 5.52 Å². The van der Waals surface area contributed by atoms with Crippen LogP contribution in [0, 0.1) is 6.92 Å². The average molecular weight is 343 g/mol. The Balaban J connectivity index is 2.92. The van der Waals surface area contributed by atoms with Crippen molar-refractivity contribution in [2.24, 2.45) is 5.10 Å². The first-order valence-electron chi connectivity index (χ1n) is 5.89. The lowest BCUT2D eigenvalue weighted by molar-refractivity contribution is -0.139. The molecule has 20 heavy (non-hydrogen) atoms. The molecule has 0 atom stereocenters. The van der Waals surface area contributed by atoms with Crippen LogP contribution in [0.15, 0.2) is 29.4 Å². The predicted octanol–water partition coefficient (Wildman–Crippen LogP) is 2.22. The largest absolute Gasteiger partial charge is 0.461 e. The molecule has 0 saturated heterocycles. The van der Waals surface area contributed by atoms with E-state index >= 15 is 0 Å². The minimum absolute atomic E-state index is 0.0331. The fourth-order valence-electron chi connectivity index (χ4n) is 1.31. The fourth-order valence-corrected chi connectivity index (χ4v) is 1.51. The molecule has 0 radical (unpaired) electrons. The molecule has 0 fully saturated rings. The first kappa shape index (κ1) is 16.2. The molecule has 0 unspecified atom stereocenters. The van der Waals surface area contributed by atoms with Crippen LogP contribution in [-0.2, 0) is 19.1 Å². The predicted molar refractivity (Wildman–Crippen MR) is 78.8 cm³/mol. The van der Waals surface area contributed by atoms with E-state index in [4.69, 9.17) is 9.47 Å². The number of carbonyl (C=O) groups is 2. The molecule has 1 aromatic rings. The van der Waals surface area contributed by atoms with Crippen LogP contribution in [0.4, 0.5) is 5.69 Å². The van der Waals surface area contributed by atoms with Gasteiger partial charge in [0.05, 0.1) is 12.3 Å². The zero-order valence-corrected chi connectivity index (χ0v) is 12.8. The highest BCUT2D eigenvalue weighted by atomic mass is 79.9. The van der Waals surface area contributed by atoms with E-state index in [1.54, 1.807) is 13.0 Å². The van der Waals surface area contributed by atoms with Crippen LogP contribution >= 0.6 is 15.9 Å². The van der Waals surface area contributed by atoms with Gasteiger partial charge in [-0.05, 0) is 41.4 Å². The number of nitrogens with zero attached hydrogens (tertiary/aromatic N) is 1. The number of nitrogens with one attached hydrogen (secondary N) is 1. The van der Waals surface area contributed by atoms with Crippen LogP contribution in [0.5, 0.6) is 0 Å². The van der Waals surface area contributed by atoms with Crippen molar-refractivity contribution in [3.05, 3.63) is 29.8 Å². The topological polar surface area (TPSA) is 77.0 Å². The van der Waals surface area contributed by atoms with Gasteiger partial charge in [-0.2, -0.15) is 5.10 Å². The summed E-state index contributed by atoms with van der Waals surface area (Å²) in [7, 11) is 0. The zero-order valence-electron chi connectivity index (χ0n) is 11.2. The summed E-state index contributed by atoms with van der Waals surface area (Å²) in [5.41, 5.74) is 3.80. The van der Waals surface area contributed by atoms with Crippen LogP contribution in [0.25, 0.3) is 0 Å². The van der Waals surface area contributed by atoms with Gasteiger partial charge in [-0.1, -0.05) is 18.2 Å². The number of rotatable bonds is 6. The number of anilines is 1. The number of para-hydroxylation sites is 1. The molecular weight excluding hydrogens is 328 g/mol. The number of hydrogen-bond donors (Lipinski definition) is 1. The average Bonchev–Trinajstić information content (AvgIpc) is 2.41. The fraction of sp³-hybridized carbons (Fsp3) is 0.308. The summed E-state index contributed by atoms with van der Waals surface area (Å²) in [6, 6.07) is 7.33. The molecular formula is C13H15BrN2O4. The molecule has 0 bridgehead atoms. The number of hydrogen-bond acceptors (Lipinski definition) is 6. The van der Waals surface area contributed by atoms with Crippen LogP contribution in [0.2, 0.25) is 0 Å². The lowest BCUT2D eigenvalue weighted by Crippen LogP contribution is -2.29. The Bertz CT molecular complexity index is 497. The van der Waals surface area contributed by atoms with Crippen molar-refractivity contribution in [1.82, 2.24) is 0 Å². The van der Waals surface area contributed by atoms with E-state index in [0.717, 1.165) is 5.56 Å². The summed E-state index contributed by atoms with van der Waals surface area (Å²) in [5, 5.41) is 3.79. The monoisotopic (exact) mass is 342 g/mol. The number of hydrazone groups is 1. The highest BCUT2D eigenvalue weighted by molar-refractivity contribution is 9.09. The second-order valence-corrected chi connectivity index (χ2v) is 4.11. The first-order chi connectivity index (χ1) is 9.60.